The Hall–Kier alpha value is -1.79. The van der Waals surface area contributed by atoms with Crippen molar-refractivity contribution >= 4 is 40.8 Å². The average Bonchev–Trinajstić information content (AvgIpc) is 2.42. The molecule has 0 unspecified atom stereocenters. The Morgan fingerprint density at radius 3 is 2.45 bits per heavy atom. The third kappa shape index (κ3) is 3.20. The van der Waals surface area contributed by atoms with E-state index in [0.29, 0.717) is 28.4 Å². The van der Waals surface area contributed by atoms with Crippen LogP contribution in [0, 0.1) is 6.92 Å². The number of hydrogen-bond acceptors (Lipinski definition) is 6. The Kier molecular flexibility index (Phi) is 4.46. The summed E-state index contributed by atoms with van der Waals surface area (Å²) >= 11 is 11.9. The SMILES string of the molecule is CNc1nc(Cl)nc(Nc2cc(C)c(Cl)cc2OC)n1. The number of aromatic nitrogens is 3. The lowest BCUT2D eigenvalue weighted by Crippen LogP contribution is -2.04. The molecule has 6 nitrogen and oxygen atoms in total. The van der Waals surface area contributed by atoms with Gasteiger partial charge in [0.15, 0.2) is 0 Å². The summed E-state index contributed by atoms with van der Waals surface area (Å²) in [6, 6.07) is 3.57. The fourth-order valence-corrected chi connectivity index (χ4v) is 1.88. The minimum Gasteiger partial charge on any atom is -0.495 e. The maximum Gasteiger partial charge on any atom is 0.233 e. The van der Waals surface area contributed by atoms with Crippen molar-refractivity contribution in [2.75, 3.05) is 24.8 Å². The summed E-state index contributed by atoms with van der Waals surface area (Å²) < 4.78 is 5.27. The lowest BCUT2D eigenvalue weighted by Gasteiger charge is -2.12. The molecule has 0 fully saturated rings. The van der Waals surface area contributed by atoms with E-state index in [0.717, 1.165) is 5.56 Å². The first kappa shape index (κ1) is 14.6. The van der Waals surface area contributed by atoms with Crippen molar-refractivity contribution in [1.29, 1.82) is 0 Å². The number of halogens is 2. The van der Waals surface area contributed by atoms with E-state index in [9.17, 15) is 0 Å². The molecule has 2 N–H and O–H groups in total. The molecular weight excluding hydrogens is 301 g/mol. The van der Waals surface area contributed by atoms with E-state index >= 15 is 0 Å². The van der Waals surface area contributed by atoms with E-state index in [-0.39, 0.29) is 5.28 Å². The van der Waals surface area contributed by atoms with Crippen LogP contribution in [0.25, 0.3) is 0 Å². The Labute approximate surface area is 126 Å². The van der Waals surface area contributed by atoms with E-state index in [4.69, 9.17) is 27.9 Å². The molecule has 2 aromatic rings. The van der Waals surface area contributed by atoms with E-state index < -0.39 is 0 Å². The van der Waals surface area contributed by atoms with Crippen LogP contribution in [0.5, 0.6) is 5.75 Å². The fraction of sp³-hybridized carbons (Fsp3) is 0.250. The summed E-state index contributed by atoms with van der Waals surface area (Å²) in [5, 5.41) is 6.56. The largest absolute Gasteiger partial charge is 0.495 e. The highest BCUT2D eigenvalue weighted by Gasteiger charge is 2.10. The Morgan fingerprint density at radius 1 is 1.10 bits per heavy atom. The summed E-state index contributed by atoms with van der Waals surface area (Å²) in [7, 11) is 3.26. The van der Waals surface area contributed by atoms with Gasteiger partial charge in [0.05, 0.1) is 12.8 Å². The number of anilines is 3. The molecule has 0 saturated heterocycles. The molecule has 0 aliphatic carbocycles. The molecule has 0 radical (unpaired) electrons. The normalized spacial score (nSPS) is 10.2. The molecule has 0 aliphatic rings. The third-order valence-corrected chi connectivity index (χ3v) is 3.14. The van der Waals surface area contributed by atoms with Crippen LogP contribution in [0.2, 0.25) is 10.3 Å². The first-order valence-electron chi connectivity index (χ1n) is 5.74. The zero-order chi connectivity index (χ0) is 14.7. The second-order valence-electron chi connectivity index (χ2n) is 3.93. The van der Waals surface area contributed by atoms with Crippen LogP contribution in [0.4, 0.5) is 17.6 Å². The van der Waals surface area contributed by atoms with Crippen LogP contribution < -0.4 is 15.4 Å². The van der Waals surface area contributed by atoms with Crippen molar-refractivity contribution in [2.24, 2.45) is 0 Å². The van der Waals surface area contributed by atoms with E-state index in [2.05, 4.69) is 25.6 Å². The molecular formula is C12H13Cl2N5O. The van der Waals surface area contributed by atoms with Gasteiger partial charge < -0.3 is 15.4 Å². The lowest BCUT2D eigenvalue weighted by atomic mass is 10.2. The van der Waals surface area contributed by atoms with Crippen molar-refractivity contribution in [3.05, 3.63) is 28.0 Å². The van der Waals surface area contributed by atoms with Crippen molar-refractivity contribution in [2.45, 2.75) is 6.92 Å². The summed E-state index contributed by atoms with van der Waals surface area (Å²) in [6.45, 7) is 1.90. The molecule has 106 valence electrons. The third-order valence-electron chi connectivity index (χ3n) is 2.56. The van der Waals surface area contributed by atoms with E-state index in [1.54, 1.807) is 20.2 Å². The smallest absolute Gasteiger partial charge is 0.233 e. The quantitative estimate of drug-likeness (QED) is 0.902. The number of benzene rings is 1. The van der Waals surface area contributed by atoms with Crippen LogP contribution in [-0.4, -0.2) is 29.1 Å². The van der Waals surface area contributed by atoms with Crippen LogP contribution in [0.15, 0.2) is 12.1 Å². The first-order chi connectivity index (χ1) is 9.53. The zero-order valence-electron chi connectivity index (χ0n) is 11.2. The Bertz CT molecular complexity index is 635. The molecule has 0 spiro atoms. The topological polar surface area (TPSA) is 72.0 Å². The molecule has 1 aromatic carbocycles. The van der Waals surface area contributed by atoms with Crippen molar-refractivity contribution in [3.8, 4) is 5.75 Å². The summed E-state index contributed by atoms with van der Waals surface area (Å²) in [6.07, 6.45) is 0. The van der Waals surface area contributed by atoms with Gasteiger partial charge in [0.2, 0.25) is 17.2 Å². The van der Waals surface area contributed by atoms with Crippen LogP contribution in [-0.2, 0) is 0 Å². The molecule has 1 aromatic heterocycles. The highest BCUT2D eigenvalue weighted by Crippen LogP contribution is 2.32. The van der Waals surface area contributed by atoms with E-state index in [1.165, 1.54) is 0 Å². The van der Waals surface area contributed by atoms with Gasteiger partial charge in [-0.05, 0) is 30.2 Å². The van der Waals surface area contributed by atoms with Gasteiger partial charge >= 0.3 is 0 Å². The predicted molar refractivity (Wildman–Crippen MR) is 80.4 cm³/mol. The number of aryl methyl sites for hydroxylation is 1. The number of nitrogens with one attached hydrogen (secondary N) is 2. The number of hydrogen-bond donors (Lipinski definition) is 2. The molecule has 8 heteroatoms. The second kappa shape index (κ2) is 6.11. The lowest BCUT2D eigenvalue weighted by molar-refractivity contribution is 0.416. The molecule has 0 atom stereocenters. The second-order valence-corrected chi connectivity index (χ2v) is 4.67. The average molecular weight is 314 g/mol. The van der Waals surface area contributed by atoms with Gasteiger partial charge in [-0.3, -0.25) is 0 Å². The molecule has 0 amide bonds. The highest BCUT2D eigenvalue weighted by atomic mass is 35.5. The number of rotatable bonds is 4. The molecule has 0 aliphatic heterocycles. The first-order valence-corrected chi connectivity index (χ1v) is 6.49. The van der Waals surface area contributed by atoms with Gasteiger partial charge in [-0.1, -0.05) is 11.6 Å². The van der Waals surface area contributed by atoms with Gasteiger partial charge in [0, 0.05) is 18.1 Å². The van der Waals surface area contributed by atoms with Crippen molar-refractivity contribution in [1.82, 2.24) is 15.0 Å². The fourth-order valence-electron chi connectivity index (χ4n) is 1.57. The molecule has 1 heterocycles. The molecule has 20 heavy (non-hydrogen) atoms. The molecule has 2 rings (SSSR count). The molecule has 0 bridgehead atoms. The predicted octanol–water partition coefficient (Wildman–Crippen LogP) is 3.28. The van der Waals surface area contributed by atoms with Crippen LogP contribution >= 0.6 is 23.2 Å². The highest BCUT2D eigenvalue weighted by molar-refractivity contribution is 6.31. The van der Waals surface area contributed by atoms with E-state index in [1.807, 2.05) is 13.0 Å². The van der Waals surface area contributed by atoms with Crippen molar-refractivity contribution in [3.63, 3.8) is 0 Å². The Morgan fingerprint density at radius 2 is 1.80 bits per heavy atom. The van der Waals surface area contributed by atoms with Crippen LogP contribution in [0.1, 0.15) is 5.56 Å². The van der Waals surface area contributed by atoms with Crippen molar-refractivity contribution < 1.29 is 4.74 Å². The number of ether oxygens (including phenoxy) is 1. The minimum absolute atomic E-state index is 0.0940. The van der Waals surface area contributed by atoms with Crippen LogP contribution in [0.3, 0.4) is 0 Å². The summed E-state index contributed by atoms with van der Waals surface area (Å²) in [5.74, 6) is 1.27. The standard InChI is InChI=1S/C12H13Cl2N5O/c1-6-4-8(9(20-3)5-7(6)13)16-12-18-10(14)17-11(15-2)19-12/h4-5H,1-3H3,(H2,15,16,17,18,19). The monoisotopic (exact) mass is 313 g/mol. The summed E-state index contributed by atoms with van der Waals surface area (Å²) in [5.41, 5.74) is 1.60. The van der Waals surface area contributed by atoms with Gasteiger partial charge in [-0.15, -0.1) is 0 Å². The minimum atomic E-state index is 0.0940. The zero-order valence-corrected chi connectivity index (χ0v) is 12.7. The number of nitrogens with zero attached hydrogens (tertiary/aromatic N) is 3. The van der Waals surface area contributed by atoms with Gasteiger partial charge in [-0.2, -0.15) is 15.0 Å². The molecule has 0 saturated carbocycles. The van der Waals surface area contributed by atoms with Gasteiger partial charge in [0.25, 0.3) is 0 Å². The van der Waals surface area contributed by atoms with Gasteiger partial charge in [-0.25, -0.2) is 0 Å². The number of methoxy groups -OCH3 is 1. The van der Waals surface area contributed by atoms with Gasteiger partial charge in [0.1, 0.15) is 5.75 Å². The summed E-state index contributed by atoms with van der Waals surface area (Å²) in [4.78, 5) is 12.1. The maximum absolute atomic E-state index is 6.06. The maximum atomic E-state index is 6.06. The Balaban J connectivity index is 2.39.